The zero-order valence-corrected chi connectivity index (χ0v) is 14.4. The first kappa shape index (κ1) is 15.9. The van der Waals surface area contributed by atoms with Crippen LogP contribution in [-0.2, 0) is 0 Å². The third kappa shape index (κ3) is 3.34. The smallest absolute Gasteiger partial charge is 0.264 e. The zero-order chi connectivity index (χ0) is 16.2. The molecule has 0 radical (unpaired) electrons. The summed E-state index contributed by atoms with van der Waals surface area (Å²) in [5.41, 5.74) is 2.19. The molecule has 122 valence electrons. The number of carbonyl (C=O) groups is 1. The number of para-hydroxylation sites is 2. The summed E-state index contributed by atoms with van der Waals surface area (Å²) in [7, 11) is 0. The summed E-state index contributed by atoms with van der Waals surface area (Å²) in [6.45, 7) is 7.82. The van der Waals surface area contributed by atoms with Gasteiger partial charge in [-0.15, -0.1) is 11.3 Å². The van der Waals surface area contributed by atoms with Crippen molar-refractivity contribution in [1.82, 2.24) is 4.90 Å². The van der Waals surface area contributed by atoms with E-state index in [2.05, 4.69) is 11.0 Å². The van der Waals surface area contributed by atoms with Gasteiger partial charge >= 0.3 is 0 Å². The van der Waals surface area contributed by atoms with Crippen LogP contribution in [0.1, 0.15) is 22.2 Å². The molecule has 1 fully saturated rings. The Kier molecular flexibility index (Phi) is 4.86. The monoisotopic (exact) mass is 330 g/mol. The average Bonchev–Trinajstić information content (AvgIpc) is 3.01. The fraction of sp³-hybridized carbons (Fsp3) is 0.389. The van der Waals surface area contributed by atoms with Crippen LogP contribution < -0.4 is 9.64 Å². The van der Waals surface area contributed by atoms with E-state index in [4.69, 9.17) is 4.74 Å². The maximum absolute atomic E-state index is 12.6. The van der Waals surface area contributed by atoms with Gasteiger partial charge in [-0.3, -0.25) is 4.79 Å². The molecule has 0 unspecified atom stereocenters. The number of nitrogens with zero attached hydrogens (tertiary/aromatic N) is 2. The molecule has 0 N–H and O–H groups in total. The Labute approximate surface area is 141 Å². The second-order valence-electron chi connectivity index (χ2n) is 5.61. The van der Waals surface area contributed by atoms with Crippen LogP contribution in [0.2, 0.25) is 0 Å². The van der Waals surface area contributed by atoms with E-state index in [1.807, 2.05) is 48.4 Å². The van der Waals surface area contributed by atoms with Crippen LogP contribution in [-0.4, -0.2) is 43.6 Å². The van der Waals surface area contributed by atoms with Crippen molar-refractivity contribution >= 4 is 22.9 Å². The minimum Gasteiger partial charge on any atom is -0.492 e. The Balaban J connectivity index is 1.67. The van der Waals surface area contributed by atoms with E-state index in [0.29, 0.717) is 6.61 Å². The summed E-state index contributed by atoms with van der Waals surface area (Å²) < 4.78 is 5.72. The van der Waals surface area contributed by atoms with Crippen LogP contribution in [0.3, 0.4) is 0 Å². The van der Waals surface area contributed by atoms with Gasteiger partial charge in [0.15, 0.2) is 0 Å². The third-order valence-corrected chi connectivity index (χ3v) is 5.13. The number of amides is 1. The molecule has 0 atom stereocenters. The molecule has 4 nitrogen and oxygen atoms in total. The number of rotatable bonds is 4. The van der Waals surface area contributed by atoms with Gasteiger partial charge in [-0.25, -0.2) is 0 Å². The predicted octanol–water partition coefficient (Wildman–Crippen LogP) is 3.42. The number of piperazine rings is 1. The molecule has 1 saturated heterocycles. The highest BCUT2D eigenvalue weighted by atomic mass is 32.1. The van der Waals surface area contributed by atoms with Gasteiger partial charge in [0, 0.05) is 26.2 Å². The van der Waals surface area contributed by atoms with E-state index in [0.717, 1.165) is 48.1 Å². The fourth-order valence-corrected chi connectivity index (χ4v) is 3.77. The molecule has 1 aliphatic heterocycles. The van der Waals surface area contributed by atoms with Gasteiger partial charge in [-0.1, -0.05) is 12.1 Å². The van der Waals surface area contributed by atoms with Crippen molar-refractivity contribution in [3.8, 4) is 5.75 Å². The molecule has 1 amide bonds. The van der Waals surface area contributed by atoms with Crippen molar-refractivity contribution < 1.29 is 9.53 Å². The summed E-state index contributed by atoms with van der Waals surface area (Å²) in [6.07, 6.45) is 0. The molecule has 1 aromatic heterocycles. The van der Waals surface area contributed by atoms with Crippen LogP contribution >= 0.6 is 11.3 Å². The molecular formula is C18H22N2O2S. The Morgan fingerprint density at radius 3 is 2.57 bits per heavy atom. The summed E-state index contributed by atoms with van der Waals surface area (Å²) in [6, 6.07) is 10.1. The fourth-order valence-electron chi connectivity index (χ4n) is 2.88. The van der Waals surface area contributed by atoms with Crippen molar-refractivity contribution in [2.45, 2.75) is 13.8 Å². The average molecular weight is 330 g/mol. The number of aryl methyl sites for hydroxylation is 1. The van der Waals surface area contributed by atoms with Gasteiger partial charge in [0.1, 0.15) is 5.75 Å². The normalized spacial score (nSPS) is 14.9. The van der Waals surface area contributed by atoms with Crippen molar-refractivity contribution in [1.29, 1.82) is 0 Å². The van der Waals surface area contributed by atoms with Gasteiger partial charge in [0.25, 0.3) is 5.91 Å². The van der Waals surface area contributed by atoms with Crippen LogP contribution in [0.5, 0.6) is 5.75 Å². The molecule has 3 rings (SSSR count). The lowest BCUT2D eigenvalue weighted by Gasteiger charge is -2.36. The largest absolute Gasteiger partial charge is 0.492 e. The van der Waals surface area contributed by atoms with Gasteiger partial charge in [0.2, 0.25) is 0 Å². The lowest BCUT2D eigenvalue weighted by atomic mass is 10.2. The first-order chi connectivity index (χ1) is 11.2. The Morgan fingerprint density at radius 1 is 1.17 bits per heavy atom. The van der Waals surface area contributed by atoms with Gasteiger partial charge in [0.05, 0.1) is 17.2 Å². The highest BCUT2D eigenvalue weighted by Crippen LogP contribution is 2.29. The lowest BCUT2D eigenvalue weighted by molar-refractivity contribution is 0.0751. The van der Waals surface area contributed by atoms with Crippen molar-refractivity contribution in [3.05, 3.63) is 46.2 Å². The van der Waals surface area contributed by atoms with E-state index in [9.17, 15) is 4.79 Å². The molecular weight excluding hydrogens is 308 g/mol. The Morgan fingerprint density at radius 2 is 1.91 bits per heavy atom. The Hall–Kier alpha value is -2.01. The number of anilines is 1. The topological polar surface area (TPSA) is 32.8 Å². The highest BCUT2D eigenvalue weighted by Gasteiger charge is 2.25. The number of carbonyl (C=O) groups excluding carboxylic acids is 1. The number of hydrogen-bond acceptors (Lipinski definition) is 4. The SMILES string of the molecule is CCOc1ccccc1N1CCN(C(=O)c2sccc2C)CC1. The number of thiophene rings is 1. The predicted molar refractivity (Wildman–Crippen MR) is 94.8 cm³/mol. The number of hydrogen-bond donors (Lipinski definition) is 0. The molecule has 0 bridgehead atoms. The summed E-state index contributed by atoms with van der Waals surface area (Å²) in [5.74, 6) is 1.08. The second-order valence-corrected chi connectivity index (χ2v) is 6.53. The Bertz CT molecular complexity index is 675. The summed E-state index contributed by atoms with van der Waals surface area (Å²) >= 11 is 1.53. The third-order valence-electron chi connectivity index (χ3n) is 4.13. The van der Waals surface area contributed by atoms with E-state index in [1.54, 1.807) is 0 Å². The van der Waals surface area contributed by atoms with Gasteiger partial charge in [-0.2, -0.15) is 0 Å². The number of ether oxygens (including phenoxy) is 1. The molecule has 0 saturated carbocycles. The molecule has 0 spiro atoms. The summed E-state index contributed by atoms with van der Waals surface area (Å²) in [5, 5.41) is 1.98. The first-order valence-corrected chi connectivity index (χ1v) is 8.88. The molecule has 1 aliphatic rings. The van der Waals surface area contributed by atoms with Crippen molar-refractivity contribution in [2.24, 2.45) is 0 Å². The minimum absolute atomic E-state index is 0.162. The second kappa shape index (κ2) is 7.04. The van der Waals surface area contributed by atoms with E-state index >= 15 is 0 Å². The first-order valence-electron chi connectivity index (χ1n) is 8.01. The van der Waals surface area contributed by atoms with Gasteiger partial charge < -0.3 is 14.5 Å². The molecule has 2 heterocycles. The van der Waals surface area contributed by atoms with Crippen LogP contribution in [0.4, 0.5) is 5.69 Å². The minimum atomic E-state index is 0.162. The molecule has 1 aromatic carbocycles. The quantitative estimate of drug-likeness (QED) is 0.861. The maximum Gasteiger partial charge on any atom is 0.264 e. The van der Waals surface area contributed by atoms with Gasteiger partial charge in [-0.05, 0) is 43.0 Å². The highest BCUT2D eigenvalue weighted by molar-refractivity contribution is 7.12. The van der Waals surface area contributed by atoms with E-state index in [1.165, 1.54) is 11.3 Å². The standard InChI is InChI=1S/C18H22N2O2S/c1-3-22-16-7-5-4-6-15(16)19-9-11-20(12-10-19)18(21)17-14(2)8-13-23-17/h4-8,13H,3,9-12H2,1-2H3. The summed E-state index contributed by atoms with van der Waals surface area (Å²) in [4.78, 5) is 17.7. The zero-order valence-electron chi connectivity index (χ0n) is 13.6. The maximum atomic E-state index is 12.6. The molecule has 23 heavy (non-hydrogen) atoms. The van der Waals surface area contributed by atoms with Crippen LogP contribution in [0, 0.1) is 6.92 Å². The van der Waals surface area contributed by atoms with Crippen LogP contribution in [0.25, 0.3) is 0 Å². The van der Waals surface area contributed by atoms with E-state index < -0.39 is 0 Å². The lowest BCUT2D eigenvalue weighted by Crippen LogP contribution is -2.48. The van der Waals surface area contributed by atoms with Crippen molar-refractivity contribution in [2.75, 3.05) is 37.7 Å². The van der Waals surface area contributed by atoms with Crippen molar-refractivity contribution in [3.63, 3.8) is 0 Å². The molecule has 2 aromatic rings. The number of benzene rings is 1. The van der Waals surface area contributed by atoms with E-state index in [-0.39, 0.29) is 5.91 Å². The molecule has 5 heteroatoms. The molecule has 0 aliphatic carbocycles. The van der Waals surface area contributed by atoms with Crippen LogP contribution in [0.15, 0.2) is 35.7 Å².